The lowest BCUT2D eigenvalue weighted by atomic mass is 10.1. The summed E-state index contributed by atoms with van der Waals surface area (Å²) < 4.78 is 11.7. The molecule has 8 nitrogen and oxygen atoms in total. The highest BCUT2D eigenvalue weighted by Gasteiger charge is 2.20. The van der Waals surface area contributed by atoms with Gasteiger partial charge in [-0.1, -0.05) is 42.5 Å². The normalized spacial score (nSPS) is 10.7. The number of thiazole rings is 1. The molecule has 4 rings (SSSR count). The number of ether oxygens (including phenoxy) is 2. The zero-order chi connectivity index (χ0) is 26.2. The predicted molar refractivity (Wildman–Crippen MR) is 146 cm³/mol. The number of rotatable bonds is 10. The van der Waals surface area contributed by atoms with E-state index in [1.54, 1.807) is 42.5 Å². The number of carbonyl (C=O) groups excluding carboxylic acids is 2. The summed E-state index contributed by atoms with van der Waals surface area (Å²) in [7, 11) is 0. The van der Waals surface area contributed by atoms with Crippen molar-refractivity contribution in [3.63, 3.8) is 0 Å². The number of aromatic nitrogens is 1. The van der Waals surface area contributed by atoms with Gasteiger partial charge in [-0.2, -0.15) is 0 Å². The Kier molecular flexibility index (Phi) is 8.48. The summed E-state index contributed by atoms with van der Waals surface area (Å²) in [6, 6.07) is 22.1. The summed E-state index contributed by atoms with van der Waals surface area (Å²) in [6.07, 6.45) is 1.05. The molecule has 0 atom stereocenters. The first-order valence-corrected chi connectivity index (χ1v) is 12.8. The number of para-hydroxylation sites is 1. The van der Waals surface area contributed by atoms with E-state index in [2.05, 4.69) is 0 Å². The van der Waals surface area contributed by atoms with Crippen LogP contribution in [-0.4, -0.2) is 36.0 Å². The lowest BCUT2D eigenvalue weighted by molar-refractivity contribution is -0.142. The number of nitrogen functional groups attached to an aromatic ring is 1. The molecule has 3 aromatic carbocycles. The maximum absolute atomic E-state index is 13.1. The molecule has 190 valence electrons. The van der Waals surface area contributed by atoms with Gasteiger partial charge >= 0.3 is 12.1 Å². The van der Waals surface area contributed by atoms with E-state index in [9.17, 15) is 9.59 Å². The minimum atomic E-state index is -0.584. The summed E-state index contributed by atoms with van der Waals surface area (Å²) in [6.45, 7) is 2.17. The maximum atomic E-state index is 13.1. The van der Waals surface area contributed by atoms with Gasteiger partial charge in [0.05, 0.1) is 28.3 Å². The predicted octanol–water partition coefficient (Wildman–Crippen LogP) is 5.32. The zero-order valence-corrected chi connectivity index (χ0v) is 21.3. The van der Waals surface area contributed by atoms with Crippen molar-refractivity contribution in [3.05, 3.63) is 88.9 Å². The highest BCUT2D eigenvalue weighted by Crippen LogP contribution is 2.28. The lowest BCUT2D eigenvalue weighted by Crippen LogP contribution is -2.35. The van der Waals surface area contributed by atoms with Gasteiger partial charge in [0.25, 0.3) is 0 Å². The van der Waals surface area contributed by atoms with Crippen LogP contribution in [0.2, 0.25) is 0 Å². The number of carbonyl (C=O) groups is 2. The Balaban J connectivity index is 1.43. The second-order valence-electron chi connectivity index (χ2n) is 8.26. The molecule has 0 saturated heterocycles. The van der Waals surface area contributed by atoms with Crippen LogP contribution < -0.4 is 15.4 Å². The SMILES string of the molecule is CCOC(=O)CCN(C(=O)Oc1ccc2sc(CCc3ccc(C(=N)N)cc3)nc2c1)c1ccccc1. The van der Waals surface area contributed by atoms with Crippen molar-refractivity contribution in [3.8, 4) is 5.75 Å². The fourth-order valence-electron chi connectivity index (χ4n) is 3.75. The molecule has 0 aliphatic carbocycles. The van der Waals surface area contributed by atoms with Gasteiger partial charge in [-0.05, 0) is 43.2 Å². The molecule has 0 radical (unpaired) electrons. The molecule has 1 aromatic heterocycles. The van der Waals surface area contributed by atoms with Gasteiger partial charge in [0.15, 0.2) is 0 Å². The number of hydrogen-bond acceptors (Lipinski definition) is 7. The summed E-state index contributed by atoms with van der Waals surface area (Å²) in [4.78, 5) is 31.1. The number of amidine groups is 1. The Morgan fingerprint density at radius 3 is 2.49 bits per heavy atom. The third-order valence-electron chi connectivity index (χ3n) is 5.63. The van der Waals surface area contributed by atoms with Gasteiger partial charge in [0.1, 0.15) is 11.6 Å². The van der Waals surface area contributed by atoms with Gasteiger partial charge in [0, 0.05) is 30.3 Å². The van der Waals surface area contributed by atoms with Crippen LogP contribution in [0.1, 0.15) is 29.5 Å². The molecule has 37 heavy (non-hydrogen) atoms. The summed E-state index contributed by atoms with van der Waals surface area (Å²) in [5, 5.41) is 8.48. The number of nitrogens with one attached hydrogen (secondary N) is 1. The molecule has 0 spiro atoms. The standard InChI is InChI=1S/C28H28N4O4S/c1-2-35-26(33)16-17-32(21-6-4-3-5-7-21)28(34)36-22-13-14-24-23(18-22)31-25(37-24)15-10-19-8-11-20(12-9-19)27(29)30/h3-9,11-14,18H,2,10,15-17H2,1H3,(H3,29,30). The fourth-order valence-corrected chi connectivity index (χ4v) is 4.70. The maximum Gasteiger partial charge on any atom is 0.419 e. The quantitative estimate of drug-likeness (QED) is 0.167. The van der Waals surface area contributed by atoms with E-state index < -0.39 is 6.09 Å². The van der Waals surface area contributed by atoms with E-state index in [0.717, 1.165) is 33.6 Å². The minimum absolute atomic E-state index is 0.0557. The summed E-state index contributed by atoms with van der Waals surface area (Å²) in [5.41, 5.74) is 8.76. The Morgan fingerprint density at radius 2 is 1.78 bits per heavy atom. The molecule has 9 heteroatoms. The number of esters is 1. The number of fused-ring (bicyclic) bond motifs is 1. The van der Waals surface area contributed by atoms with Crippen LogP contribution in [0.5, 0.6) is 5.75 Å². The highest BCUT2D eigenvalue weighted by atomic mass is 32.1. The van der Waals surface area contributed by atoms with Crippen molar-refractivity contribution < 1.29 is 19.1 Å². The van der Waals surface area contributed by atoms with Crippen LogP contribution in [0.25, 0.3) is 10.2 Å². The monoisotopic (exact) mass is 516 g/mol. The minimum Gasteiger partial charge on any atom is -0.466 e. The van der Waals surface area contributed by atoms with E-state index in [1.165, 1.54) is 4.90 Å². The topological polar surface area (TPSA) is 119 Å². The summed E-state index contributed by atoms with van der Waals surface area (Å²) >= 11 is 1.60. The van der Waals surface area contributed by atoms with E-state index in [1.807, 2.05) is 48.5 Å². The largest absolute Gasteiger partial charge is 0.466 e. The molecule has 1 heterocycles. The first-order valence-electron chi connectivity index (χ1n) is 12.0. The third-order valence-corrected chi connectivity index (χ3v) is 6.73. The van der Waals surface area contributed by atoms with E-state index in [4.69, 9.17) is 25.6 Å². The number of anilines is 1. The average Bonchev–Trinajstić information content (AvgIpc) is 3.31. The molecule has 0 aliphatic rings. The van der Waals surface area contributed by atoms with Crippen molar-refractivity contribution in [2.45, 2.75) is 26.2 Å². The van der Waals surface area contributed by atoms with Crippen LogP contribution in [0.4, 0.5) is 10.5 Å². The van der Waals surface area contributed by atoms with Gasteiger partial charge in [-0.15, -0.1) is 11.3 Å². The van der Waals surface area contributed by atoms with Crippen LogP contribution in [0.3, 0.4) is 0 Å². The molecular formula is C28H28N4O4S. The molecule has 0 bridgehead atoms. The van der Waals surface area contributed by atoms with Gasteiger partial charge in [0.2, 0.25) is 0 Å². The molecule has 0 aliphatic heterocycles. The van der Waals surface area contributed by atoms with E-state index in [-0.39, 0.29) is 31.4 Å². The molecule has 0 fully saturated rings. The number of amides is 1. The zero-order valence-electron chi connectivity index (χ0n) is 20.5. The van der Waals surface area contributed by atoms with Crippen molar-refractivity contribution in [1.82, 2.24) is 4.98 Å². The Labute approximate surface area is 219 Å². The van der Waals surface area contributed by atoms with Crippen molar-refractivity contribution in [1.29, 1.82) is 5.41 Å². The van der Waals surface area contributed by atoms with E-state index >= 15 is 0 Å². The smallest absolute Gasteiger partial charge is 0.419 e. The molecule has 0 unspecified atom stereocenters. The lowest BCUT2D eigenvalue weighted by Gasteiger charge is -2.21. The number of nitrogens with zero attached hydrogens (tertiary/aromatic N) is 2. The number of nitrogens with two attached hydrogens (primary N) is 1. The molecule has 4 aromatic rings. The Hall–Kier alpha value is -4.24. The van der Waals surface area contributed by atoms with Gasteiger partial charge < -0.3 is 15.2 Å². The number of aryl methyl sites for hydroxylation is 2. The molecule has 3 N–H and O–H groups in total. The second-order valence-corrected chi connectivity index (χ2v) is 9.37. The number of hydrogen-bond donors (Lipinski definition) is 2. The molecule has 0 saturated carbocycles. The molecule has 1 amide bonds. The Morgan fingerprint density at radius 1 is 1.03 bits per heavy atom. The van der Waals surface area contributed by atoms with Gasteiger partial charge in [-0.25, -0.2) is 9.78 Å². The first kappa shape index (κ1) is 25.8. The van der Waals surface area contributed by atoms with Gasteiger partial charge in [-0.3, -0.25) is 15.1 Å². The van der Waals surface area contributed by atoms with Crippen molar-refractivity contribution in [2.75, 3.05) is 18.1 Å². The van der Waals surface area contributed by atoms with E-state index in [0.29, 0.717) is 17.0 Å². The van der Waals surface area contributed by atoms with Crippen molar-refractivity contribution in [2.24, 2.45) is 5.73 Å². The van der Waals surface area contributed by atoms with Crippen LogP contribution >= 0.6 is 11.3 Å². The fraction of sp³-hybridized carbons (Fsp3) is 0.214. The van der Waals surface area contributed by atoms with Crippen LogP contribution in [0.15, 0.2) is 72.8 Å². The number of benzene rings is 3. The highest BCUT2D eigenvalue weighted by molar-refractivity contribution is 7.18. The van der Waals surface area contributed by atoms with Crippen LogP contribution in [0, 0.1) is 5.41 Å². The van der Waals surface area contributed by atoms with Crippen molar-refractivity contribution >= 4 is 45.1 Å². The summed E-state index contributed by atoms with van der Waals surface area (Å²) in [5.74, 6) is 0.0637. The van der Waals surface area contributed by atoms with Crippen LogP contribution in [-0.2, 0) is 22.4 Å². The Bertz CT molecular complexity index is 1390. The third kappa shape index (κ3) is 6.92. The second kappa shape index (κ2) is 12.1. The molecular weight excluding hydrogens is 488 g/mol. The first-order chi connectivity index (χ1) is 17.9. The average molecular weight is 517 g/mol.